The van der Waals surface area contributed by atoms with E-state index in [4.69, 9.17) is 9.47 Å². The minimum Gasteiger partial charge on any atom is -0.379 e. The minimum atomic E-state index is -0.288. The summed E-state index contributed by atoms with van der Waals surface area (Å²) in [6.45, 7) is 9.38. The van der Waals surface area contributed by atoms with Gasteiger partial charge in [0.15, 0.2) is 0 Å². The fourth-order valence-electron chi connectivity index (χ4n) is 9.52. The molecule has 35 heavy (non-hydrogen) atoms. The standard InChI is InChI=1S/C30H47N3O2/c1-28(2,33-19-20(17-31)18-32-33)27(34-5)15-22-8-10-26-25-9-7-21-16-29(3,35-6)13-11-23(21)24(25)12-14-30(22,26)4/h18-19,21-27H,7-16H2,1-6H3/t21-,22-,23+,24-,25-,26+,27+,29-,30-/m1/s1. The summed E-state index contributed by atoms with van der Waals surface area (Å²) in [5, 5.41) is 13.8. The molecule has 1 aromatic rings. The molecule has 5 heteroatoms. The number of ether oxygens (including phenoxy) is 2. The van der Waals surface area contributed by atoms with E-state index >= 15 is 0 Å². The predicted molar refractivity (Wildman–Crippen MR) is 138 cm³/mol. The van der Waals surface area contributed by atoms with E-state index in [2.05, 4.69) is 38.9 Å². The first-order valence-corrected chi connectivity index (χ1v) is 14.2. The lowest BCUT2D eigenvalue weighted by atomic mass is 9.49. The van der Waals surface area contributed by atoms with Crippen LogP contribution in [-0.2, 0) is 15.0 Å². The Bertz CT molecular complexity index is 950. The molecule has 4 fully saturated rings. The molecule has 5 nitrogen and oxygen atoms in total. The van der Waals surface area contributed by atoms with Crippen LogP contribution in [0.3, 0.4) is 0 Å². The van der Waals surface area contributed by atoms with Crippen LogP contribution < -0.4 is 0 Å². The van der Waals surface area contributed by atoms with Gasteiger partial charge in [-0.25, -0.2) is 0 Å². The van der Waals surface area contributed by atoms with Gasteiger partial charge >= 0.3 is 0 Å². The first-order valence-electron chi connectivity index (χ1n) is 14.2. The van der Waals surface area contributed by atoms with E-state index in [9.17, 15) is 5.26 Å². The van der Waals surface area contributed by atoms with Gasteiger partial charge < -0.3 is 9.47 Å². The van der Waals surface area contributed by atoms with Crippen molar-refractivity contribution in [2.45, 2.75) is 109 Å². The highest BCUT2D eigenvalue weighted by molar-refractivity contribution is 5.22. The summed E-state index contributed by atoms with van der Waals surface area (Å²) in [4.78, 5) is 0. The second-order valence-corrected chi connectivity index (χ2v) is 13.6. The van der Waals surface area contributed by atoms with Crippen LogP contribution in [0.15, 0.2) is 12.4 Å². The Kier molecular flexibility index (Phi) is 6.63. The van der Waals surface area contributed by atoms with Gasteiger partial charge in [0, 0.05) is 20.4 Å². The quantitative estimate of drug-likeness (QED) is 0.461. The highest BCUT2D eigenvalue weighted by atomic mass is 16.5. The molecule has 0 spiro atoms. The molecule has 0 aromatic carbocycles. The smallest absolute Gasteiger partial charge is 0.102 e. The van der Waals surface area contributed by atoms with E-state index in [1.54, 1.807) is 6.20 Å². The molecule has 0 saturated heterocycles. The highest BCUT2D eigenvalue weighted by Gasteiger charge is 2.58. The number of nitrogens with zero attached hydrogens (tertiary/aromatic N) is 3. The van der Waals surface area contributed by atoms with Gasteiger partial charge in [0.1, 0.15) is 6.07 Å². The minimum absolute atomic E-state index is 0.0769. The monoisotopic (exact) mass is 481 g/mol. The first kappa shape index (κ1) is 25.3. The van der Waals surface area contributed by atoms with Crippen molar-refractivity contribution < 1.29 is 9.47 Å². The third-order valence-corrected chi connectivity index (χ3v) is 11.8. The van der Waals surface area contributed by atoms with Crippen molar-refractivity contribution in [1.82, 2.24) is 9.78 Å². The number of hydrogen-bond acceptors (Lipinski definition) is 4. The second-order valence-electron chi connectivity index (χ2n) is 13.6. The number of nitriles is 1. The van der Waals surface area contributed by atoms with E-state index in [0.717, 1.165) is 36.0 Å². The van der Waals surface area contributed by atoms with Crippen LogP contribution in [0, 0.1) is 52.3 Å². The highest BCUT2D eigenvalue weighted by Crippen LogP contribution is 2.65. The van der Waals surface area contributed by atoms with Crippen molar-refractivity contribution in [2.75, 3.05) is 14.2 Å². The van der Waals surface area contributed by atoms with Gasteiger partial charge in [0.2, 0.25) is 0 Å². The van der Waals surface area contributed by atoms with Crippen LogP contribution in [-0.4, -0.2) is 35.7 Å². The molecule has 0 amide bonds. The zero-order valence-electron chi connectivity index (χ0n) is 22.9. The van der Waals surface area contributed by atoms with Crippen LogP contribution in [0.2, 0.25) is 0 Å². The van der Waals surface area contributed by atoms with Gasteiger partial charge in [0.25, 0.3) is 0 Å². The Morgan fingerprint density at radius 1 is 1.09 bits per heavy atom. The Hall–Kier alpha value is -1.38. The molecule has 0 radical (unpaired) electrons. The lowest BCUT2D eigenvalue weighted by Crippen LogP contribution is -2.51. The third kappa shape index (κ3) is 4.17. The lowest BCUT2D eigenvalue weighted by Gasteiger charge is -2.57. The van der Waals surface area contributed by atoms with Gasteiger partial charge in [-0.05, 0) is 126 Å². The molecule has 1 aromatic heterocycles. The fraction of sp³-hybridized carbons (Fsp3) is 0.867. The maximum Gasteiger partial charge on any atom is 0.102 e. The van der Waals surface area contributed by atoms with E-state index in [1.807, 2.05) is 25.1 Å². The van der Waals surface area contributed by atoms with Crippen molar-refractivity contribution in [3.8, 4) is 6.07 Å². The molecule has 194 valence electrons. The summed E-state index contributed by atoms with van der Waals surface area (Å²) in [5.41, 5.74) is 0.866. The average Bonchev–Trinajstić information content (AvgIpc) is 3.47. The number of rotatable bonds is 6. The number of aromatic nitrogens is 2. The predicted octanol–water partition coefficient (Wildman–Crippen LogP) is 6.57. The van der Waals surface area contributed by atoms with Gasteiger partial charge in [-0.15, -0.1) is 0 Å². The molecule has 1 heterocycles. The van der Waals surface area contributed by atoms with Gasteiger partial charge in [-0.3, -0.25) is 4.68 Å². The van der Waals surface area contributed by atoms with E-state index in [0.29, 0.717) is 16.9 Å². The van der Waals surface area contributed by atoms with Crippen LogP contribution in [0.4, 0.5) is 0 Å². The average molecular weight is 482 g/mol. The molecule has 0 bridgehead atoms. The van der Waals surface area contributed by atoms with Crippen LogP contribution in [0.1, 0.15) is 97.5 Å². The Labute approximate surface area is 212 Å². The molecule has 0 N–H and O–H groups in total. The number of fused-ring (bicyclic) bond motifs is 5. The van der Waals surface area contributed by atoms with E-state index < -0.39 is 0 Å². The largest absolute Gasteiger partial charge is 0.379 e. The topological polar surface area (TPSA) is 60.1 Å². The van der Waals surface area contributed by atoms with Gasteiger partial charge in [-0.2, -0.15) is 10.4 Å². The third-order valence-electron chi connectivity index (χ3n) is 11.8. The lowest BCUT2D eigenvalue weighted by molar-refractivity contribution is -0.115. The maximum atomic E-state index is 9.27. The molecule has 4 saturated carbocycles. The Morgan fingerprint density at radius 3 is 2.54 bits per heavy atom. The molecule has 0 aliphatic heterocycles. The first-order chi connectivity index (χ1) is 16.6. The summed E-state index contributed by atoms with van der Waals surface area (Å²) in [6.07, 6.45) is 16.9. The molecular formula is C30H47N3O2. The Morgan fingerprint density at radius 2 is 1.86 bits per heavy atom. The second kappa shape index (κ2) is 9.18. The van der Waals surface area contributed by atoms with E-state index in [1.165, 1.54) is 57.8 Å². The summed E-state index contributed by atoms with van der Waals surface area (Å²) in [6, 6.07) is 2.22. The SMILES string of the molecule is CO[C@@H](C[C@H]1CC[C@H]2[C@@H]3CC[C@@H]4C[C@](C)(OC)CC[C@@H]4[C@H]3CC[C@]12C)C(C)(C)n1cc(C#N)cn1. The number of methoxy groups -OCH3 is 2. The molecule has 4 aliphatic rings. The summed E-state index contributed by atoms with van der Waals surface area (Å²) >= 11 is 0. The van der Waals surface area contributed by atoms with Crippen molar-refractivity contribution in [1.29, 1.82) is 5.26 Å². The van der Waals surface area contributed by atoms with Crippen LogP contribution in [0.25, 0.3) is 0 Å². The summed E-state index contributed by atoms with van der Waals surface area (Å²) < 4.78 is 14.0. The van der Waals surface area contributed by atoms with Crippen LogP contribution in [0.5, 0.6) is 0 Å². The zero-order chi connectivity index (χ0) is 25.0. The molecular weight excluding hydrogens is 434 g/mol. The number of hydrogen-bond donors (Lipinski definition) is 0. The van der Waals surface area contributed by atoms with Gasteiger partial charge in [-0.1, -0.05) is 6.92 Å². The maximum absolute atomic E-state index is 9.27. The van der Waals surface area contributed by atoms with Crippen molar-refractivity contribution >= 4 is 0 Å². The molecule has 9 atom stereocenters. The van der Waals surface area contributed by atoms with Crippen molar-refractivity contribution in [3.05, 3.63) is 18.0 Å². The Balaban J connectivity index is 1.30. The van der Waals surface area contributed by atoms with Crippen LogP contribution >= 0.6 is 0 Å². The summed E-state index contributed by atoms with van der Waals surface area (Å²) in [5.74, 6) is 5.24. The van der Waals surface area contributed by atoms with Crippen molar-refractivity contribution in [3.63, 3.8) is 0 Å². The fourth-order valence-corrected chi connectivity index (χ4v) is 9.52. The molecule has 5 rings (SSSR count). The van der Waals surface area contributed by atoms with Gasteiger partial charge in [0.05, 0.1) is 29.0 Å². The zero-order valence-corrected chi connectivity index (χ0v) is 22.9. The van der Waals surface area contributed by atoms with Crippen molar-refractivity contribution in [2.24, 2.45) is 40.9 Å². The normalized spacial score (nSPS) is 42.0. The summed E-state index contributed by atoms with van der Waals surface area (Å²) in [7, 11) is 3.77. The van der Waals surface area contributed by atoms with E-state index in [-0.39, 0.29) is 17.2 Å². The molecule has 0 unspecified atom stereocenters. The molecule has 4 aliphatic carbocycles.